The van der Waals surface area contributed by atoms with Gasteiger partial charge in [-0.1, -0.05) is 48.5 Å². The standard InChI is InChI=1S/C36H40F3N5O5S2/c1-23-22-50-34(41-23)31-13-8-14-44(31)35(47)27-17-26(18-29(19-27)43(2)51(3,48)49)33(46)42-30(16-24-9-5-4-6-10-24)32(45)21-40-20-25-11-7-12-28(15-25)36(37,38)39/h4-7,9-12,15,17-19,22,30-32,40,45H,8,13-14,16,20-21H2,1-3H3,(H,42,46)/t30-,31+,32+/m0/s1. The highest BCUT2D eigenvalue weighted by molar-refractivity contribution is 7.92. The summed E-state index contributed by atoms with van der Waals surface area (Å²) in [5.74, 6) is -1.03. The number of hydrogen-bond acceptors (Lipinski definition) is 8. The zero-order valence-corrected chi connectivity index (χ0v) is 30.0. The fourth-order valence-electron chi connectivity index (χ4n) is 5.96. The molecule has 51 heavy (non-hydrogen) atoms. The first-order valence-corrected chi connectivity index (χ1v) is 19.0. The summed E-state index contributed by atoms with van der Waals surface area (Å²) >= 11 is 1.47. The van der Waals surface area contributed by atoms with Crippen molar-refractivity contribution in [3.05, 3.63) is 117 Å². The van der Waals surface area contributed by atoms with E-state index < -0.39 is 39.8 Å². The van der Waals surface area contributed by atoms with Crippen molar-refractivity contribution in [2.45, 2.75) is 57.1 Å². The van der Waals surface area contributed by atoms with E-state index in [0.29, 0.717) is 12.1 Å². The number of aromatic nitrogens is 1. The lowest BCUT2D eigenvalue weighted by Crippen LogP contribution is -2.48. The minimum absolute atomic E-state index is 0.00868. The number of hydrogen-bond donors (Lipinski definition) is 3. The molecule has 10 nitrogen and oxygen atoms in total. The third kappa shape index (κ3) is 9.73. The molecule has 2 amide bonds. The molecule has 3 atom stereocenters. The van der Waals surface area contributed by atoms with Gasteiger partial charge in [0.25, 0.3) is 11.8 Å². The Morgan fingerprint density at radius 2 is 1.76 bits per heavy atom. The zero-order chi connectivity index (χ0) is 36.9. The quantitative estimate of drug-likeness (QED) is 0.169. The van der Waals surface area contributed by atoms with Gasteiger partial charge >= 0.3 is 6.18 Å². The number of benzene rings is 3. The van der Waals surface area contributed by atoms with Crippen molar-refractivity contribution in [3.8, 4) is 0 Å². The largest absolute Gasteiger partial charge is 0.416 e. The lowest BCUT2D eigenvalue weighted by molar-refractivity contribution is -0.137. The molecule has 1 fully saturated rings. The number of rotatable bonds is 13. The Bertz CT molecular complexity index is 1960. The number of carbonyl (C=O) groups is 2. The molecule has 0 spiro atoms. The van der Waals surface area contributed by atoms with Crippen LogP contribution < -0.4 is 14.9 Å². The summed E-state index contributed by atoms with van der Waals surface area (Å²) in [7, 11) is -2.45. The predicted octanol–water partition coefficient (Wildman–Crippen LogP) is 5.34. The van der Waals surface area contributed by atoms with Gasteiger partial charge in [-0.2, -0.15) is 13.2 Å². The van der Waals surface area contributed by atoms with E-state index in [2.05, 4.69) is 15.6 Å². The van der Waals surface area contributed by atoms with Crippen LogP contribution in [0, 0.1) is 6.92 Å². The fraction of sp³-hybridized carbons (Fsp3) is 0.361. The van der Waals surface area contributed by atoms with Crippen LogP contribution >= 0.6 is 11.3 Å². The van der Waals surface area contributed by atoms with E-state index in [1.165, 1.54) is 42.6 Å². The smallest absolute Gasteiger partial charge is 0.390 e. The highest BCUT2D eigenvalue weighted by Gasteiger charge is 2.34. The van der Waals surface area contributed by atoms with Gasteiger partial charge < -0.3 is 20.6 Å². The molecule has 3 aromatic carbocycles. The molecule has 272 valence electrons. The Morgan fingerprint density at radius 3 is 2.43 bits per heavy atom. The second kappa shape index (κ2) is 15.9. The molecule has 5 rings (SSSR count). The number of aliphatic hydroxyl groups excluding tert-OH is 1. The van der Waals surface area contributed by atoms with Gasteiger partial charge in [-0.15, -0.1) is 11.3 Å². The third-order valence-corrected chi connectivity index (χ3v) is 11.0. The second-order valence-electron chi connectivity index (χ2n) is 12.6. The molecule has 1 aliphatic heterocycles. The number of halogens is 3. The normalized spacial score (nSPS) is 16.1. The summed E-state index contributed by atoms with van der Waals surface area (Å²) in [5, 5.41) is 19.9. The highest BCUT2D eigenvalue weighted by atomic mass is 32.2. The van der Waals surface area contributed by atoms with Gasteiger partial charge in [0.05, 0.1) is 35.7 Å². The van der Waals surface area contributed by atoms with E-state index in [1.54, 1.807) is 11.0 Å². The van der Waals surface area contributed by atoms with Crippen LogP contribution in [0.4, 0.5) is 18.9 Å². The summed E-state index contributed by atoms with van der Waals surface area (Å²) in [6.45, 7) is 2.32. The van der Waals surface area contributed by atoms with Crippen LogP contribution in [0.25, 0.3) is 0 Å². The molecular formula is C36H40F3N5O5S2. The summed E-state index contributed by atoms with van der Waals surface area (Å²) < 4.78 is 65.7. The third-order valence-electron chi connectivity index (χ3n) is 8.74. The van der Waals surface area contributed by atoms with Crippen LogP contribution in [-0.4, -0.2) is 73.8 Å². The molecular weight excluding hydrogens is 704 g/mol. The maximum atomic E-state index is 14.0. The molecule has 1 aliphatic rings. The Hall–Kier alpha value is -4.31. The van der Waals surface area contributed by atoms with Crippen molar-refractivity contribution < 1.29 is 36.3 Å². The lowest BCUT2D eigenvalue weighted by atomic mass is 9.99. The molecule has 1 aromatic heterocycles. The van der Waals surface area contributed by atoms with Crippen LogP contribution in [0.5, 0.6) is 0 Å². The number of anilines is 1. The number of aryl methyl sites for hydroxylation is 1. The maximum absolute atomic E-state index is 14.0. The number of aliphatic hydroxyl groups is 1. The van der Waals surface area contributed by atoms with Crippen molar-refractivity contribution in [1.82, 2.24) is 20.5 Å². The van der Waals surface area contributed by atoms with Crippen LogP contribution in [-0.2, 0) is 29.2 Å². The van der Waals surface area contributed by atoms with Crippen LogP contribution in [0.2, 0.25) is 0 Å². The number of sulfonamides is 1. The van der Waals surface area contributed by atoms with Gasteiger partial charge in [0.1, 0.15) is 5.01 Å². The topological polar surface area (TPSA) is 132 Å². The first-order chi connectivity index (χ1) is 24.1. The van der Waals surface area contributed by atoms with Gasteiger partial charge in [0.15, 0.2) is 0 Å². The van der Waals surface area contributed by atoms with Crippen molar-refractivity contribution in [3.63, 3.8) is 0 Å². The van der Waals surface area contributed by atoms with Crippen molar-refractivity contribution >= 4 is 38.9 Å². The highest BCUT2D eigenvalue weighted by Crippen LogP contribution is 2.35. The number of alkyl halides is 3. The van der Waals surface area contributed by atoms with E-state index in [4.69, 9.17) is 0 Å². The van der Waals surface area contributed by atoms with E-state index in [0.717, 1.165) is 51.8 Å². The molecule has 0 aliphatic carbocycles. The Labute approximate surface area is 299 Å². The zero-order valence-electron chi connectivity index (χ0n) is 28.4. The number of carbonyl (C=O) groups excluding carboxylic acids is 2. The van der Waals surface area contributed by atoms with Crippen molar-refractivity contribution in [2.75, 3.05) is 30.7 Å². The van der Waals surface area contributed by atoms with Gasteiger partial charge in [0, 0.05) is 48.9 Å². The van der Waals surface area contributed by atoms with E-state index in [1.807, 2.05) is 42.6 Å². The van der Waals surface area contributed by atoms with E-state index in [-0.39, 0.29) is 48.3 Å². The molecule has 3 N–H and O–H groups in total. The molecule has 0 radical (unpaired) electrons. The number of nitrogens with zero attached hydrogens (tertiary/aromatic N) is 3. The van der Waals surface area contributed by atoms with Crippen LogP contribution in [0.3, 0.4) is 0 Å². The molecule has 2 heterocycles. The minimum atomic E-state index is -4.49. The molecule has 0 saturated carbocycles. The van der Waals surface area contributed by atoms with E-state index in [9.17, 15) is 36.3 Å². The first kappa shape index (κ1) is 37.9. The number of nitrogens with one attached hydrogen (secondary N) is 2. The molecule has 0 bridgehead atoms. The number of likely N-dealkylation sites (tertiary alicyclic amines) is 1. The summed E-state index contributed by atoms with van der Waals surface area (Å²) in [6, 6.07) is 17.1. The fourth-order valence-corrected chi connectivity index (χ4v) is 7.40. The summed E-state index contributed by atoms with van der Waals surface area (Å²) in [5.41, 5.74) is 1.48. The minimum Gasteiger partial charge on any atom is -0.390 e. The van der Waals surface area contributed by atoms with E-state index >= 15 is 0 Å². The number of amides is 2. The SMILES string of the molecule is Cc1csc([C@H]2CCCN2C(=O)c2cc(C(=O)N[C@@H](Cc3ccccc3)[C@H](O)CNCc3cccc(C(F)(F)F)c3)cc(N(C)S(C)(=O)=O)c2)n1. The van der Waals surface area contributed by atoms with Crippen LogP contribution in [0.1, 0.15) is 67.0 Å². The second-order valence-corrected chi connectivity index (χ2v) is 15.6. The Balaban J connectivity index is 1.40. The molecule has 0 unspecified atom stereocenters. The van der Waals surface area contributed by atoms with Gasteiger partial charge in [0.2, 0.25) is 10.0 Å². The molecule has 1 saturated heterocycles. The average Bonchev–Trinajstić information content (AvgIpc) is 3.76. The molecule has 15 heteroatoms. The maximum Gasteiger partial charge on any atom is 0.416 e. The first-order valence-electron chi connectivity index (χ1n) is 16.3. The average molecular weight is 744 g/mol. The van der Waals surface area contributed by atoms with Crippen molar-refractivity contribution in [2.24, 2.45) is 0 Å². The van der Waals surface area contributed by atoms with Gasteiger partial charge in [-0.3, -0.25) is 13.9 Å². The van der Waals surface area contributed by atoms with Crippen LogP contribution in [0.15, 0.2) is 78.2 Å². The number of thiazole rings is 1. The van der Waals surface area contributed by atoms with Crippen molar-refractivity contribution in [1.29, 1.82) is 0 Å². The molecule has 4 aromatic rings. The summed E-state index contributed by atoms with van der Waals surface area (Å²) in [6.07, 6.45) is -2.98. The van der Waals surface area contributed by atoms with Gasteiger partial charge in [-0.05, 0) is 61.6 Å². The van der Waals surface area contributed by atoms with Gasteiger partial charge in [-0.25, -0.2) is 13.4 Å². The Kier molecular flexibility index (Phi) is 11.8. The predicted molar refractivity (Wildman–Crippen MR) is 190 cm³/mol. The summed E-state index contributed by atoms with van der Waals surface area (Å²) in [4.78, 5) is 34.2. The Morgan fingerprint density at radius 1 is 1.06 bits per heavy atom. The monoisotopic (exact) mass is 743 g/mol. The lowest BCUT2D eigenvalue weighted by Gasteiger charge is -2.26.